The summed E-state index contributed by atoms with van der Waals surface area (Å²) >= 11 is 15.0. The molecule has 0 fully saturated rings. The molecule has 0 aliphatic carbocycles. The Hall–Kier alpha value is 0.0600. The summed E-state index contributed by atoms with van der Waals surface area (Å²) in [5, 5.41) is 3.94. The molecule has 1 N–H and O–H groups in total. The maximum Gasteiger partial charge on any atom is 0.127 e. The Kier molecular flexibility index (Phi) is 6.26. The summed E-state index contributed by atoms with van der Waals surface area (Å²) in [7, 11) is 0. The predicted octanol–water partition coefficient (Wildman–Crippen LogP) is 6.46. The molecule has 0 amide bonds. The van der Waals surface area contributed by atoms with Gasteiger partial charge < -0.3 is 5.32 Å². The topological polar surface area (TPSA) is 12.0 Å². The van der Waals surface area contributed by atoms with Gasteiger partial charge in [0.1, 0.15) is 5.82 Å². The van der Waals surface area contributed by atoms with Crippen molar-refractivity contribution in [1.82, 2.24) is 5.32 Å². The first-order valence-corrected chi connectivity index (χ1v) is 9.35. The molecule has 1 atom stereocenters. The predicted molar refractivity (Wildman–Crippen MR) is 96.0 cm³/mol. The largest absolute Gasteiger partial charge is 0.306 e. The summed E-state index contributed by atoms with van der Waals surface area (Å²) < 4.78 is 15.7. The molecule has 1 nitrogen and oxygen atoms in total. The molecule has 2 aromatic rings. The van der Waals surface area contributed by atoms with E-state index in [9.17, 15) is 4.39 Å². The molecule has 0 aliphatic heterocycles. The van der Waals surface area contributed by atoms with Gasteiger partial charge in [0.15, 0.2) is 0 Å². The molecule has 114 valence electrons. The van der Waals surface area contributed by atoms with Gasteiger partial charge in [0.25, 0.3) is 0 Å². The van der Waals surface area contributed by atoms with Gasteiger partial charge in [-0.2, -0.15) is 0 Å². The third-order valence-corrected chi connectivity index (χ3v) is 5.89. The molecule has 0 spiro atoms. The Morgan fingerprint density at radius 3 is 2.57 bits per heavy atom. The summed E-state index contributed by atoms with van der Waals surface area (Å²) in [6, 6.07) is 5.22. The highest BCUT2D eigenvalue weighted by molar-refractivity contribution is 9.12. The molecular weight excluding hydrogens is 440 g/mol. The molecule has 21 heavy (non-hydrogen) atoms. The number of aryl methyl sites for hydroxylation is 1. The van der Waals surface area contributed by atoms with Crippen LogP contribution in [0.25, 0.3) is 0 Å². The molecule has 1 aromatic carbocycles. The van der Waals surface area contributed by atoms with Gasteiger partial charge in [0.05, 0.1) is 13.6 Å². The van der Waals surface area contributed by atoms with E-state index in [0.717, 1.165) is 31.7 Å². The Bertz CT molecular complexity index is 645. The number of halogens is 4. The van der Waals surface area contributed by atoms with E-state index < -0.39 is 0 Å². The minimum Gasteiger partial charge on any atom is -0.306 e. The van der Waals surface area contributed by atoms with Crippen LogP contribution in [0.5, 0.6) is 0 Å². The number of rotatable bonds is 5. The van der Waals surface area contributed by atoms with Crippen molar-refractivity contribution in [3.63, 3.8) is 0 Å². The number of hydrogen-bond donors (Lipinski definition) is 1. The van der Waals surface area contributed by atoms with Crippen LogP contribution in [0.1, 0.15) is 36.1 Å². The smallest absolute Gasteiger partial charge is 0.127 e. The Morgan fingerprint density at radius 2 is 2.00 bits per heavy atom. The lowest BCUT2D eigenvalue weighted by Gasteiger charge is -2.21. The van der Waals surface area contributed by atoms with Crippen LogP contribution >= 0.6 is 54.8 Å². The van der Waals surface area contributed by atoms with E-state index in [4.69, 9.17) is 11.6 Å². The summed E-state index contributed by atoms with van der Waals surface area (Å²) in [6.07, 6.45) is 1.01. The quantitative estimate of drug-likeness (QED) is 0.545. The fraction of sp³-hybridized carbons (Fsp3) is 0.333. The minimum absolute atomic E-state index is 0.0614. The number of hydrogen-bond acceptors (Lipinski definition) is 2. The highest BCUT2D eigenvalue weighted by Crippen LogP contribution is 2.40. The van der Waals surface area contributed by atoms with Gasteiger partial charge in [-0.3, -0.25) is 0 Å². The summed E-state index contributed by atoms with van der Waals surface area (Å²) in [5.41, 5.74) is 2.60. The van der Waals surface area contributed by atoms with Gasteiger partial charge in [-0.05, 0) is 86.6 Å². The molecule has 0 aliphatic rings. The average Bonchev–Trinajstić information content (AvgIpc) is 2.75. The van der Waals surface area contributed by atoms with Crippen molar-refractivity contribution in [2.45, 2.75) is 26.3 Å². The van der Waals surface area contributed by atoms with Gasteiger partial charge in [0.2, 0.25) is 0 Å². The maximum atomic E-state index is 13.6. The zero-order valence-electron chi connectivity index (χ0n) is 11.6. The molecule has 6 heteroatoms. The van der Waals surface area contributed by atoms with Crippen molar-refractivity contribution in [3.05, 3.63) is 53.3 Å². The van der Waals surface area contributed by atoms with Crippen LogP contribution in [-0.2, 0) is 0 Å². The molecule has 0 radical (unpaired) electrons. The normalized spacial score (nSPS) is 12.7. The first kappa shape index (κ1) is 17.4. The first-order valence-electron chi connectivity index (χ1n) is 6.57. The lowest BCUT2D eigenvalue weighted by atomic mass is 9.99. The van der Waals surface area contributed by atoms with Crippen molar-refractivity contribution in [1.29, 1.82) is 0 Å². The Labute approximate surface area is 150 Å². The van der Waals surface area contributed by atoms with Gasteiger partial charge in [-0.15, -0.1) is 11.3 Å². The van der Waals surface area contributed by atoms with Crippen molar-refractivity contribution in [2.24, 2.45) is 0 Å². The maximum absolute atomic E-state index is 13.6. The van der Waals surface area contributed by atoms with Gasteiger partial charge in [0, 0.05) is 5.02 Å². The second-order valence-electron chi connectivity index (χ2n) is 4.79. The summed E-state index contributed by atoms with van der Waals surface area (Å²) in [4.78, 5) is 0. The lowest BCUT2D eigenvalue weighted by Crippen LogP contribution is -2.23. The van der Waals surface area contributed by atoms with Crippen LogP contribution < -0.4 is 5.32 Å². The van der Waals surface area contributed by atoms with E-state index in [1.807, 2.05) is 6.07 Å². The monoisotopic (exact) mass is 453 g/mol. The third kappa shape index (κ3) is 4.08. The SMILES string of the molecule is CCCNC(c1cc(C)c(F)cc1Cl)c1cc(Br)sc1Br. The highest BCUT2D eigenvalue weighted by atomic mass is 79.9. The van der Waals surface area contributed by atoms with Crippen LogP contribution in [-0.4, -0.2) is 6.54 Å². The van der Waals surface area contributed by atoms with Crippen molar-refractivity contribution >= 4 is 54.8 Å². The molecule has 1 heterocycles. The van der Waals surface area contributed by atoms with E-state index in [-0.39, 0.29) is 11.9 Å². The second-order valence-corrected chi connectivity index (χ2v) is 8.95. The van der Waals surface area contributed by atoms with E-state index in [1.165, 1.54) is 6.07 Å². The van der Waals surface area contributed by atoms with E-state index in [0.29, 0.717) is 10.6 Å². The number of nitrogens with one attached hydrogen (secondary N) is 1. The summed E-state index contributed by atoms with van der Waals surface area (Å²) in [5.74, 6) is -0.274. The third-order valence-electron chi connectivity index (χ3n) is 3.18. The van der Waals surface area contributed by atoms with E-state index in [2.05, 4.69) is 50.2 Å². The first-order chi connectivity index (χ1) is 9.93. The highest BCUT2D eigenvalue weighted by Gasteiger charge is 2.22. The second kappa shape index (κ2) is 7.55. The zero-order valence-corrected chi connectivity index (χ0v) is 16.4. The summed E-state index contributed by atoms with van der Waals surface area (Å²) in [6.45, 7) is 4.72. The molecule has 1 unspecified atom stereocenters. The van der Waals surface area contributed by atoms with Crippen molar-refractivity contribution in [2.75, 3.05) is 6.54 Å². The molecule has 0 saturated carbocycles. The van der Waals surface area contributed by atoms with Gasteiger partial charge in [-0.1, -0.05) is 18.5 Å². The molecule has 2 rings (SSSR count). The standard InChI is InChI=1S/C15H15Br2ClFNS/c1-3-4-20-14(10-6-13(16)21-15(10)17)9-5-8(2)12(19)7-11(9)18/h5-7,14,20H,3-4H2,1-2H3. The van der Waals surface area contributed by atoms with Gasteiger partial charge >= 0.3 is 0 Å². The zero-order chi connectivity index (χ0) is 15.6. The molecule has 0 bridgehead atoms. The van der Waals surface area contributed by atoms with Crippen LogP contribution in [0, 0.1) is 12.7 Å². The van der Waals surface area contributed by atoms with Crippen LogP contribution in [0.2, 0.25) is 5.02 Å². The van der Waals surface area contributed by atoms with E-state index >= 15 is 0 Å². The Morgan fingerprint density at radius 1 is 1.29 bits per heavy atom. The number of benzene rings is 1. The van der Waals surface area contributed by atoms with Crippen LogP contribution in [0.4, 0.5) is 4.39 Å². The lowest BCUT2D eigenvalue weighted by molar-refractivity contribution is 0.590. The van der Waals surface area contributed by atoms with Crippen molar-refractivity contribution < 1.29 is 4.39 Å². The van der Waals surface area contributed by atoms with E-state index in [1.54, 1.807) is 18.3 Å². The molecule has 1 aromatic heterocycles. The fourth-order valence-corrected chi connectivity index (χ4v) is 5.29. The van der Waals surface area contributed by atoms with Gasteiger partial charge in [-0.25, -0.2) is 4.39 Å². The minimum atomic E-state index is -0.274. The van der Waals surface area contributed by atoms with Crippen molar-refractivity contribution in [3.8, 4) is 0 Å². The molecular formula is C15H15Br2ClFNS. The number of thiophene rings is 1. The van der Waals surface area contributed by atoms with Crippen LogP contribution in [0.3, 0.4) is 0 Å². The fourth-order valence-electron chi connectivity index (χ4n) is 2.13. The average molecular weight is 456 g/mol. The molecule has 0 saturated heterocycles. The van der Waals surface area contributed by atoms with Crippen LogP contribution in [0.15, 0.2) is 25.8 Å². The Balaban J connectivity index is 2.50.